The van der Waals surface area contributed by atoms with E-state index < -0.39 is 23.5 Å². The number of halogens is 4. The number of nitrogens with two attached hydrogens (primary N) is 1. The molecule has 1 atom stereocenters. The summed E-state index contributed by atoms with van der Waals surface area (Å²) in [6, 6.07) is 6.17. The van der Waals surface area contributed by atoms with Crippen molar-refractivity contribution in [3.8, 4) is 0 Å². The van der Waals surface area contributed by atoms with Gasteiger partial charge in [0.15, 0.2) is 11.6 Å². The first-order chi connectivity index (χ1) is 9.93. The van der Waals surface area contributed by atoms with Gasteiger partial charge in [0, 0.05) is 10.6 Å². The Morgan fingerprint density at radius 2 is 1.86 bits per heavy atom. The first-order valence-corrected chi connectivity index (χ1v) is 6.66. The summed E-state index contributed by atoms with van der Waals surface area (Å²) in [5, 5.41) is 0.211. The highest BCUT2D eigenvalue weighted by atomic mass is 35.5. The Kier molecular flexibility index (Phi) is 4.88. The molecule has 0 aliphatic rings. The van der Waals surface area contributed by atoms with Gasteiger partial charge in [-0.25, -0.2) is 13.2 Å². The average molecular weight is 315 g/mol. The molecule has 2 rings (SSSR count). The first kappa shape index (κ1) is 15.8. The quantitative estimate of drug-likeness (QED) is 0.665. The molecule has 2 aromatic carbocycles. The third-order valence-electron chi connectivity index (χ3n) is 3.32. The Bertz CT molecular complexity index is 662. The standard InChI is InChI=1S/C15H14ClF3N2/c1-8-2-5-11(15(19)14(8)18)13(21-20)6-9-3-4-10(17)7-12(9)16/h2-5,7,13,21H,6,20H2,1H3. The second kappa shape index (κ2) is 6.47. The lowest BCUT2D eigenvalue weighted by Crippen LogP contribution is -2.30. The monoisotopic (exact) mass is 314 g/mol. The van der Waals surface area contributed by atoms with E-state index in [0.29, 0.717) is 5.56 Å². The van der Waals surface area contributed by atoms with E-state index >= 15 is 0 Å². The smallest absolute Gasteiger partial charge is 0.163 e. The van der Waals surface area contributed by atoms with Gasteiger partial charge >= 0.3 is 0 Å². The van der Waals surface area contributed by atoms with Crippen LogP contribution in [0.15, 0.2) is 30.3 Å². The van der Waals surface area contributed by atoms with Crippen LogP contribution in [-0.2, 0) is 6.42 Å². The van der Waals surface area contributed by atoms with E-state index in [0.717, 1.165) is 6.07 Å². The van der Waals surface area contributed by atoms with E-state index in [4.69, 9.17) is 17.4 Å². The van der Waals surface area contributed by atoms with Gasteiger partial charge in [-0.3, -0.25) is 11.3 Å². The molecule has 0 aromatic heterocycles. The van der Waals surface area contributed by atoms with Crippen molar-refractivity contribution in [1.82, 2.24) is 5.43 Å². The molecule has 0 fully saturated rings. The molecule has 21 heavy (non-hydrogen) atoms. The molecule has 112 valence electrons. The van der Waals surface area contributed by atoms with Crippen molar-refractivity contribution in [2.24, 2.45) is 5.84 Å². The van der Waals surface area contributed by atoms with Crippen molar-refractivity contribution in [3.63, 3.8) is 0 Å². The van der Waals surface area contributed by atoms with Gasteiger partial charge in [0.05, 0.1) is 6.04 Å². The molecule has 0 radical (unpaired) electrons. The second-order valence-corrected chi connectivity index (χ2v) is 5.17. The summed E-state index contributed by atoms with van der Waals surface area (Å²) < 4.78 is 40.7. The van der Waals surface area contributed by atoms with E-state index in [9.17, 15) is 13.2 Å². The summed E-state index contributed by atoms with van der Waals surface area (Å²) in [6.45, 7) is 1.48. The van der Waals surface area contributed by atoms with Gasteiger partial charge in [-0.2, -0.15) is 0 Å². The zero-order chi connectivity index (χ0) is 15.6. The van der Waals surface area contributed by atoms with Crippen LogP contribution < -0.4 is 11.3 Å². The summed E-state index contributed by atoms with van der Waals surface area (Å²) in [6.07, 6.45) is 0.203. The van der Waals surface area contributed by atoms with Gasteiger partial charge in [-0.15, -0.1) is 0 Å². The van der Waals surface area contributed by atoms with Gasteiger partial charge in [0.2, 0.25) is 0 Å². The van der Waals surface area contributed by atoms with Crippen molar-refractivity contribution in [2.45, 2.75) is 19.4 Å². The van der Waals surface area contributed by atoms with E-state index in [-0.39, 0.29) is 22.6 Å². The summed E-state index contributed by atoms with van der Waals surface area (Å²) in [5.74, 6) is 3.12. The molecule has 1 unspecified atom stereocenters. The van der Waals surface area contributed by atoms with E-state index in [1.54, 1.807) is 0 Å². The summed E-state index contributed by atoms with van der Waals surface area (Å²) in [7, 11) is 0. The molecule has 0 aliphatic carbocycles. The zero-order valence-corrected chi connectivity index (χ0v) is 12.0. The minimum atomic E-state index is -0.948. The van der Waals surface area contributed by atoms with Crippen molar-refractivity contribution in [2.75, 3.05) is 0 Å². The maximum atomic E-state index is 14.0. The zero-order valence-electron chi connectivity index (χ0n) is 11.3. The van der Waals surface area contributed by atoms with Crippen molar-refractivity contribution < 1.29 is 13.2 Å². The van der Waals surface area contributed by atoms with Gasteiger partial charge in [-0.05, 0) is 36.6 Å². The molecule has 0 saturated heterocycles. The van der Waals surface area contributed by atoms with Crippen LogP contribution in [0.5, 0.6) is 0 Å². The molecule has 6 heteroatoms. The SMILES string of the molecule is Cc1ccc(C(Cc2ccc(F)cc2Cl)NN)c(F)c1F. The summed E-state index contributed by atoms with van der Waals surface area (Å²) >= 11 is 5.94. The number of aryl methyl sites for hydroxylation is 1. The van der Waals surface area contributed by atoms with Crippen molar-refractivity contribution in [3.05, 3.63) is 69.5 Å². The van der Waals surface area contributed by atoms with Crippen LogP contribution in [-0.4, -0.2) is 0 Å². The second-order valence-electron chi connectivity index (χ2n) is 4.76. The fourth-order valence-electron chi connectivity index (χ4n) is 2.10. The summed E-state index contributed by atoms with van der Waals surface area (Å²) in [5.41, 5.74) is 3.33. The van der Waals surface area contributed by atoms with Crippen molar-refractivity contribution >= 4 is 11.6 Å². The highest BCUT2D eigenvalue weighted by molar-refractivity contribution is 6.31. The molecule has 2 aromatic rings. The molecule has 0 spiro atoms. The lowest BCUT2D eigenvalue weighted by molar-refractivity contribution is 0.461. The lowest BCUT2D eigenvalue weighted by atomic mass is 9.97. The predicted octanol–water partition coefficient (Wildman–Crippen LogP) is 3.81. The Morgan fingerprint density at radius 3 is 2.48 bits per heavy atom. The average Bonchev–Trinajstić information content (AvgIpc) is 2.45. The van der Waals surface area contributed by atoms with Crippen LogP contribution in [0.2, 0.25) is 5.02 Å². The first-order valence-electron chi connectivity index (χ1n) is 6.28. The molecule has 0 saturated carbocycles. The van der Waals surface area contributed by atoms with Crippen molar-refractivity contribution in [1.29, 1.82) is 0 Å². The molecule has 0 heterocycles. The minimum absolute atomic E-state index is 0.0981. The molecule has 0 aliphatic heterocycles. The number of benzene rings is 2. The van der Waals surface area contributed by atoms with E-state index in [2.05, 4.69) is 5.43 Å². The number of hydrogen-bond donors (Lipinski definition) is 2. The Labute approximate surface area is 125 Å². The summed E-state index contributed by atoms with van der Waals surface area (Å²) in [4.78, 5) is 0. The van der Waals surface area contributed by atoms with Crippen LogP contribution in [0.25, 0.3) is 0 Å². The highest BCUT2D eigenvalue weighted by Crippen LogP contribution is 2.27. The largest absolute Gasteiger partial charge is 0.271 e. The predicted molar refractivity (Wildman–Crippen MR) is 76.3 cm³/mol. The van der Waals surface area contributed by atoms with E-state index in [1.807, 2.05) is 0 Å². The number of rotatable bonds is 4. The fourth-order valence-corrected chi connectivity index (χ4v) is 2.34. The maximum absolute atomic E-state index is 14.0. The van der Waals surface area contributed by atoms with Crippen LogP contribution in [0, 0.1) is 24.4 Å². The van der Waals surface area contributed by atoms with E-state index in [1.165, 1.54) is 31.2 Å². The van der Waals surface area contributed by atoms with Crippen LogP contribution >= 0.6 is 11.6 Å². The Morgan fingerprint density at radius 1 is 1.14 bits per heavy atom. The van der Waals surface area contributed by atoms with Gasteiger partial charge in [0.25, 0.3) is 0 Å². The Balaban J connectivity index is 2.34. The number of hydrogen-bond acceptors (Lipinski definition) is 2. The highest BCUT2D eigenvalue weighted by Gasteiger charge is 2.20. The van der Waals surface area contributed by atoms with Crippen LogP contribution in [0.3, 0.4) is 0 Å². The lowest BCUT2D eigenvalue weighted by Gasteiger charge is -2.18. The molecular formula is C15H14ClF3N2. The normalized spacial score (nSPS) is 12.5. The maximum Gasteiger partial charge on any atom is 0.163 e. The van der Waals surface area contributed by atoms with Gasteiger partial charge < -0.3 is 0 Å². The Hall–Kier alpha value is -1.56. The minimum Gasteiger partial charge on any atom is -0.271 e. The van der Waals surface area contributed by atoms with Gasteiger partial charge in [0.1, 0.15) is 5.82 Å². The number of nitrogens with one attached hydrogen (secondary N) is 1. The molecule has 0 amide bonds. The molecule has 2 nitrogen and oxygen atoms in total. The molecule has 0 bridgehead atoms. The van der Waals surface area contributed by atoms with Gasteiger partial charge in [-0.1, -0.05) is 29.8 Å². The van der Waals surface area contributed by atoms with Crippen LogP contribution in [0.1, 0.15) is 22.7 Å². The third kappa shape index (κ3) is 3.37. The molecule has 3 N–H and O–H groups in total. The number of hydrazine groups is 1. The van der Waals surface area contributed by atoms with Crippen LogP contribution in [0.4, 0.5) is 13.2 Å². The third-order valence-corrected chi connectivity index (χ3v) is 3.67. The fraction of sp³-hybridized carbons (Fsp3) is 0.200. The topological polar surface area (TPSA) is 38.0 Å². The molecular weight excluding hydrogens is 301 g/mol.